The van der Waals surface area contributed by atoms with E-state index < -0.39 is 0 Å². The molecule has 1 fully saturated rings. The van der Waals surface area contributed by atoms with Gasteiger partial charge >= 0.3 is 0 Å². The van der Waals surface area contributed by atoms with Crippen LogP contribution in [0.15, 0.2) is 29.3 Å². The fourth-order valence-electron chi connectivity index (χ4n) is 2.54. The van der Waals surface area contributed by atoms with E-state index >= 15 is 0 Å². The van der Waals surface area contributed by atoms with Gasteiger partial charge in [-0.1, -0.05) is 24.3 Å². The first-order chi connectivity index (χ1) is 10.1. The van der Waals surface area contributed by atoms with Gasteiger partial charge in [0.2, 0.25) is 0 Å². The molecule has 1 atom stereocenters. The Hall–Kier alpha value is -0.430. The molecule has 1 heterocycles. The highest BCUT2D eigenvalue weighted by Gasteiger charge is 2.29. The molecule has 1 aromatic carbocycles. The van der Waals surface area contributed by atoms with Gasteiger partial charge in [-0.2, -0.15) is 11.8 Å². The van der Waals surface area contributed by atoms with Gasteiger partial charge in [0.05, 0.1) is 6.54 Å². The van der Waals surface area contributed by atoms with E-state index in [-0.39, 0.29) is 24.0 Å². The van der Waals surface area contributed by atoms with Crippen LogP contribution in [0.3, 0.4) is 0 Å². The van der Waals surface area contributed by atoms with Crippen LogP contribution in [0.1, 0.15) is 37.8 Å². The highest BCUT2D eigenvalue weighted by atomic mass is 127. The van der Waals surface area contributed by atoms with Gasteiger partial charge in [-0.25, -0.2) is 4.99 Å². The lowest BCUT2D eigenvalue weighted by molar-refractivity contribution is 0.584. The summed E-state index contributed by atoms with van der Waals surface area (Å²) in [7, 11) is 0. The number of aryl methyl sites for hydroxylation is 1. The molecule has 1 saturated heterocycles. The van der Waals surface area contributed by atoms with Crippen molar-refractivity contribution in [2.75, 3.05) is 18.8 Å². The summed E-state index contributed by atoms with van der Waals surface area (Å²) in [6.45, 7) is 9.20. The Balaban J connectivity index is 0.00000242. The predicted octanol–water partition coefficient (Wildman–Crippen LogP) is 3.95. The topological polar surface area (TPSA) is 36.4 Å². The Morgan fingerprint density at radius 1 is 1.32 bits per heavy atom. The van der Waals surface area contributed by atoms with Gasteiger partial charge in [0, 0.05) is 17.8 Å². The quantitative estimate of drug-likeness (QED) is 0.420. The van der Waals surface area contributed by atoms with Crippen LogP contribution in [0, 0.1) is 6.92 Å². The number of thioether (sulfide) groups is 1. The van der Waals surface area contributed by atoms with Crippen molar-refractivity contribution in [3.8, 4) is 0 Å². The van der Waals surface area contributed by atoms with Crippen LogP contribution >= 0.6 is 35.7 Å². The van der Waals surface area contributed by atoms with Gasteiger partial charge < -0.3 is 10.6 Å². The maximum absolute atomic E-state index is 4.72. The Kier molecular flexibility index (Phi) is 8.61. The minimum absolute atomic E-state index is 0. The van der Waals surface area contributed by atoms with E-state index in [1.807, 2.05) is 0 Å². The molecule has 0 radical (unpaired) electrons. The van der Waals surface area contributed by atoms with Gasteiger partial charge in [0.1, 0.15) is 0 Å². The van der Waals surface area contributed by atoms with Gasteiger partial charge in [-0.15, -0.1) is 24.0 Å². The molecule has 5 heteroatoms. The molecule has 124 valence electrons. The third-order valence-electron chi connectivity index (χ3n) is 3.94. The molecule has 0 bridgehead atoms. The maximum Gasteiger partial charge on any atom is 0.191 e. The lowest BCUT2D eigenvalue weighted by atomic mass is 10.1. The Labute approximate surface area is 156 Å². The van der Waals surface area contributed by atoms with Crippen molar-refractivity contribution >= 4 is 41.7 Å². The first-order valence-electron chi connectivity index (χ1n) is 7.83. The molecular weight excluding hydrogens is 405 g/mol. The molecule has 0 aromatic heterocycles. The number of hydrogen-bond donors (Lipinski definition) is 2. The summed E-state index contributed by atoms with van der Waals surface area (Å²) >= 11 is 2.08. The van der Waals surface area contributed by atoms with Crippen LogP contribution in [0.2, 0.25) is 0 Å². The number of guanidine groups is 1. The summed E-state index contributed by atoms with van der Waals surface area (Å²) < 4.78 is 0.360. The van der Waals surface area contributed by atoms with E-state index in [1.54, 1.807) is 0 Å². The highest BCUT2D eigenvalue weighted by molar-refractivity contribution is 14.0. The third-order valence-corrected chi connectivity index (χ3v) is 5.48. The Morgan fingerprint density at radius 3 is 2.73 bits per heavy atom. The number of nitrogens with one attached hydrogen (secondary N) is 2. The summed E-state index contributed by atoms with van der Waals surface area (Å²) in [6.07, 6.45) is 2.63. The standard InChI is InChI=1S/C17H27N3S.HI/c1-4-18-16(20-13-17(3)10-7-11-21-17)19-12-15-9-6-5-8-14(15)2;/h5-6,8-9H,4,7,10-13H2,1-3H3,(H2,18,19,20);1H. The zero-order valence-electron chi connectivity index (χ0n) is 13.8. The first kappa shape index (κ1) is 19.6. The van der Waals surface area contributed by atoms with Crippen LogP contribution in [0.4, 0.5) is 0 Å². The van der Waals surface area contributed by atoms with Crippen molar-refractivity contribution in [2.45, 2.75) is 44.9 Å². The second-order valence-electron chi connectivity index (χ2n) is 5.88. The zero-order chi connectivity index (χ0) is 15.1. The molecule has 1 aliphatic heterocycles. The van der Waals surface area contributed by atoms with Crippen LogP contribution in [-0.4, -0.2) is 29.5 Å². The molecule has 2 rings (SSSR count). The summed E-state index contributed by atoms with van der Waals surface area (Å²) in [5, 5.41) is 6.85. The third kappa shape index (κ3) is 5.99. The molecule has 2 N–H and O–H groups in total. The predicted molar refractivity (Wildman–Crippen MR) is 110 cm³/mol. The van der Waals surface area contributed by atoms with Crippen molar-refractivity contribution in [3.05, 3.63) is 35.4 Å². The summed E-state index contributed by atoms with van der Waals surface area (Å²) in [5.74, 6) is 2.21. The van der Waals surface area contributed by atoms with E-state index in [2.05, 4.69) is 67.4 Å². The van der Waals surface area contributed by atoms with E-state index in [9.17, 15) is 0 Å². The van der Waals surface area contributed by atoms with Crippen LogP contribution < -0.4 is 10.6 Å². The van der Waals surface area contributed by atoms with Gasteiger partial charge in [-0.3, -0.25) is 0 Å². The van der Waals surface area contributed by atoms with Crippen molar-refractivity contribution in [1.29, 1.82) is 0 Å². The van der Waals surface area contributed by atoms with Gasteiger partial charge in [0.15, 0.2) is 5.96 Å². The van der Waals surface area contributed by atoms with Crippen LogP contribution in [-0.2, 0) is 6.54 Å². The summed E-state index contributed by atoms with van der Waals surface area (Å²) in [5.41, 5.74) is 2.59. The summed E-state index contributed by atoms with van der Waals surface area (Å²) in [6, 6.07) is 8.44. The monoisotopic (exact) mass is 433 g/mol. The summed E-state index contributed by atoms with van der Waals surface area (Å²) in [4.78, 5) is 4.72. The molecule has 1 aliphatic rings. The van der Waals surface area contributed by atoms with E-state index in [1.165, 1.54) is 29.7 Å². The highest BCUT2D eigenvalue weighted by Crippen LogP contribution is 2.36. The van der Waals surface area contributed by atoms with Gasteiger partial charge in [0.25, 0.3) is 0 Å². The molecule has 0 aliphatic carbocycles. The largest absolute Gasteiger partial charge is 0.357 e. The molecular formula is C17H28IN3S. The van der Waals surface area contributed by atoms with Crippen LogP contribution in [0.5, 0.6) is 0 Å². The average Bonchev–Trinajstić information content (AvgIpc) is 2.91. The lowest BCUT2D eigenvalue weighted by Gasteiger charge is -2.24. The Bertz CT molecular complexity index is 485. The normalized spacial score (nSPS) is 21.3. The Morgan fingerprint density at radius 2 is 2.09 bits per heavy atom. The van der Waals surface area contributed by atoms with Crippen molar-refractivity contribution in [3.63, 3.8) is 0 Å². The molecule has 3 nitrogen and oxygen atoms in total. The van der Waals surface area contributed by atoms with Crippen molar-refractivity contribution < 1.29 is 0 Å². The second kappa shape index (κ2) is 9.65. The fraction of sp³-hybridized carbons (Fsp3) is 0.588. The van der Waals surface area contributed by atoms with Gasteiger partial charge in [-0.05, 0) is 50.5 Å². The number of aliphatic imine (C=N–C) groups is 1. The number of nitrogens with zero attached hydrogens (tertiary/aromatic N) is 1. The minimum Gasteiger partial charge on any atom is -0.357 e. The van der Waals surface area contributed by atoms with E-state index in [0.717, 1.165) is 25.6 Å². The zero-order valence-corrected chi connectivity index (χ0v) is 17.0. The molecule has 0 amide bonds. The van der Waals surface area contributed by atoms with Crippen LogP contribution in [0.25, 0.3) is 0 Å². The molecule has 1 aromatic rings. The fourth-order valence-corrected chi connectivity index (χ4v) is 3.78. The molecule has 0 saturated carbocycles. The van der Waals surface area contributed by atoms with Crippen molar-refractivity contribution in [2.24, 2.45) is 4.99 Å². The van der Waals surface area contributed by atoms with E-state index in [4.69, 9.17) is 4.99 Å². The van der Waals surface area contributed by atoms with E-state index in [0.29, 0.717) is 4.75 Å². The number of benzene rings is 1. The number of hydrogen-bond acceptors (Lipinski definition) is 2. The number of rotatable bonds is 5. The lowest BCUT2D eigenvalue weighted by Crippen LogP contribution is -2.43. The number of halogens is 1. The maximum atomic E-state index is 4.72. The average molecular weight is 433 g/mol. The van der Waals surface area contributed by atoms with Crippen molar-refractivity contribution in [1.82, 2.24) is 10.6 Å². The second-order valence-corrected chi connectivity index (χ2v) is 7.56. The smallest absolute Gasteiger partial charge is 0.191 e. The first-order valence-corrected chi connectivity index (χ1v) is 8.82. The molecule has 0 spiro atoms. The molecule has 22 heavy (non-hydrogen) atoms. The minimum atomic E-state index is 0. The molecule has 1 unspecified atom stereocenters. The SMILES string of the molecule is CCNC(=NCc1ccccc1C)NCC1(C)CCCS1.I.